The summed E-state index contributed by atoms with van der Waals surface area (Å²) in [5.41, 5.74) is 7.78. The molecule has 0 aromatic heterocycles. The molecule has 4 rings (SSSR count). The number of aliphatic hydroxyl groups is 1. The Balaban J connectivity index is 1.47. The van der Waals surface area contributed by atoms with Crippen molar-refractivity contribution in [3.05, 3.63) is 106 Å². The average molecular weight is 412 g/mol. The molecule has 0 bridgehead atoms. The van der Waals surface area contributed by atoms with Crippen LogP contribution in [0, 0.1) is 6.92 Å². The SMILES string of the molecule is Cc1cc(C(O)C(C)NCCC=C2c3ccccc3C=Cc3ccccc32)ccc1O. The van der Waals surface area contributed by atoms with Gasteiger partial charge in [0.25, 0.3) is 0 Å². The van der Waals surface area contributed by atoms with Crippen LogP contribution >= 0.6 is 0 Å². The van der Waals surface area contributed by atoms with Gasteiger partial charge < -0.3 is 15.5 Å². The number of hydrogen-bond donors (Lipinski definition) is 3. The average Bonchev–Trinajstić information content (AvgIpc) is 2.95. The molecule has 31 heavy (non-hydrogen) atoms. The first kappa shape index (κ1) is 21.1. The van der Waals surface area contributed by atoms with E-state index in [0.717, 1.165) is 24.1 Å². The Morgan fingerprint density at radius 3 is 2.13 bits per heavy atom. The Morgan fingerprint density at radius 2 is 1.52 bits per heavy atom. The van der Waals surface area contributed by atoms with Crippen LogP contribution in [-0.2, 0) is 0 Å². The fourth-order valence-corrected chi connectivity index (χ4v) is 4.11. The molecule has 0 saturated carbocycles. The van der Waals surface area contributed by atoms with E-state index < -0.39 is 6.10 Å². The second kappa shape index (κ2) is 9.34. The van der Waals surface area contributed by atoms with E-state index in [9.17, 15) is 10.2 Å². The second-order valence-electron chi connectivity index (χ2n) is 8.15. The first-order valence-electron chi connectivity index (χ1n) is 10.8. The van der Waals surface area contributed by atoms with Gasteiger partial charge in [0.15, 0.2) is 0 Å². The number of nitrogens with one attached hydrogen (secondary N) is 1. The molecule has 158 valence electrons. The number of phenols is 1. The molecule has 2 atom stereocenters. The summed E-state index contributed by atoms with van der Waals surface area (Å²) in [5, 5.41) is 23.8. The van der Waals surface area contributed by atoms with Gasteiger partial charge in [0.1, 0.15) is 5.75 Å². The van der Waals surface area contributed by atoms with E-state index in [0.29, 0.717) is 0 Å². The summed E-state index contributed by atoms with van der Waals surface area (Å²) in [6, 6.07) is 22.2. The highest BCUT2D eigenvalue weighted by Gasteiger charge is 2.17. The van der Waals surface area contributed by atoms with Crippen LogP contribution in [0.4, 0.5) is 0 Å². The maximum atomic E-state index is 10.7. The molecule has 3 N–H and O–H groups in total. The minimum atomic E-state index is -0.629. The van der Waals surface area contributed by atoms with Crippen molar-refractivity contribution >= 4 is 17.7 Å². The maximum Gasteiger partial charge on any atom is 0.118 e. The van der Waals surface area contributed by atoms with Gasteiger partial charge in [-0.3, -0.25) is 0 Å². The fraction of sp³-hybridized carbons (Fsp3) is 0.214. The van der Waals surface area contributed by atoms with Gasteiger partial charge in [-0.2, -0.15) is 0 Å². The molecule has 1 aliphatic rings. The normalized spacial score (nSPS) is 14.4. The third-order valence-electron chi connectivity index (χ3n) is 5.94. The lowest BCUT2D eigenvalue weighted by atomic mass is 9.93. The Bertz CT molecular complexity index is 1080. The predicted octanol–water partition coefficient (Wildman–Crippen LogP) is 5.72. The standard InChI is InChI=1S/C28H29NO2/c1-19-18-23(15-16-27(19)30)28(31)20(2)29-17-7-12-26-24-10-5-3-8-21(24)13-14-22-9-4-6-11-25(22)26/h3-6,8-16,18,20,28-31H,7,17H2,1-2H3. The van der Waals surface area contributed by atoms with Crippen molar-refractivity contribution in [2.24, 2.45) is 0 Å². The van der Waals surface area contributed by atoms with Crippen molar-refractivity contribution in [2.45, 2.75) is 32.4 Å². The van der Waals surface area contributed by atoms with E-state index in [1.54, 1.807) is 12.1 Å². The molecule has 0 heterocycles. The molecular formula is C28H29NO2. The summed E-state index contributed by atoms with van der Waals surface area (Å²) in [7, 11) is 0. The zero-order valence-electron chi connectivity index (χ0n) is 18.0. The number of aryl methyl sites for hydroxylation is 1. The first-order chi connectivity index (χ1) is 15.0. The second-order valence-corrected chi connectivity index (χ2v) is 8.15. The molecule has 3 heteroatoms. The lowest BCUT2D eigenvalue weighted by Gasteiger charge is -2.21. The highest BCUT2D eigenvalue weighted by molar-refractivity contribution is 5.93. The topological polar surface area (TPSA) is 52.5 Å². The zero-order chi connectivity index (χ0) is 21.8. The summed E-state index contributed by atoms with van der Waals surface area (Å²) in [5.74, 6) is 0.252. The number of hydrogen-bond acceptors (Lipinski definition) is 3. The summed E-state index contributed by atoms with van der Waals surface area (Å²) >= 11 is 0. The van der Waals surface area contributed by atoms with Crippen LogP contribution < -0.4 is 5.32 Å². The molecule has 0 radical (unpaired) electrons. The summed E-state index contributed by atoms with van der Waals surface area (Å²) < 4.78 is 0. The molecule has 3 aromatic rings. The van der Waals surface area contributed by atoms with E-state index >= 15 is 0 Å². The maximum absolute atomic E-state index is 10.7. The predicted molar refractivity (Wildman–Crippen MR) is 129 cm³/mol. The minimum absolute atomic E-state index is 0.0993. The monoisotopic (exact) mass is 411 g/mol. The van der Waals surface area contributed by atoms with Crippen LogP contribution in [-0.4, -0.2) is 22.8 Å². The Hall–Kier alpha value is -3.14. The van der Waals surface area contributed by atoms with Crippen LogP contribution in [0.3, 0.4) is 0 Å². The third kappa shape index (κ3) is 4.63. The van der Waals surface area contributed by atoms with Crippen molar-refractivity contribution < 1.29 is 10.2 Å². The largest absolute Gasteiger partial charge is 0.508 e. The number of aliphatic hydroxyl groups excluding tert-OH is 1. The molecule has 1 aliphatic carbocycles. The van der Waals surface area contributed by atoms with Crippen molar-refractivity contribution in [1.82, 2.24) is 5.32 Å². The molecular weight excluding hydrogens is 382 g/mol. The van der Waals surface area contributed by atoms with Gasteiger partial charge in [-0.05, 0) is 77.9 Å². The molecule has 2 unspecified atom stereocenters. The summed E-state index contributed by atoms with van der Waals surface area (Å²) in [6.07, 6.45) is 6.89. The molecule has 3 nitrogen and oxygen atoms in total. The smallest absolute Gasteiger partial charge is 0.118 e. The number of phenolic OH excluding ortho intramolecular Hbond substituents is 1. The van der Waals surface area contributed by atoms with Crippen LogP contribution in [0.25, 0.3) is 17.7 Å². The highest BCUT2D eigenvalue weighted by atomic mass is 16.3. The Morgan fingerprint density at radius 1 is 0.903 bits per heavy atom. The summed E-state index contributed by atoms with van der Waals surface area (Å²) in [6.45, 7) is 4.59. The Labute approximate surface area is 184 Å². The van der Waals surface area contributed by atoms with Crippen LogP contribution in [0.5, 0.6) is 5.75 Å². The van der Waals surface area contributed by atoms with Crippen LogP contribution in [0.1, 0.15) is 52.8 Å². The van der Waals surface area contributed by atoms with E-state index in [-0.39, 0.29) is 11.8 Å². The van der Waals surface area contributed by atoms with Gasteiger partial charge in [0.05, 0.1) is 6.10 Å². The lowest BCUT2D eigenvalue weighted by Crippen LogP contribution is -2.32. The van der Waals surface area contributed by atoms with E-state index in [4.69, 9.17) is 0 Å². The van der Waals surface area contributed by atoms with Gasteiger partial charge in [-0.15, -0.1) is 0 Å². The molecule has 3 aromatic carbocycles. The quantitative estimate of drug-likeness (QED) is 0.356. The van der Waals surface area contributed by atoms with E-state index in [1.165, 1.54) is 27.8 Å². The number of aromatic hydroxyl groups is 1. The van der Waals surface area contributed by atoms with Crippen LogP contribution in [0.15, 0.2) is 72.8 Å². The molecule has 0 spiro atoms. The zero-order valence-corrected chi connectivity index (χ0v) is 18.0. The van der Waals surface area contributed by atoms with Crippen molar-refractivity contribution in [3.8, 4) is 5.75 Å². The first-order valence-corrected chi connectivity index (χ1v) is 10.8. The number of fused-ring (bicyclic) bond motifs is 2. The number of rotatable bonds is 6. The van der Waals surface area contributed by atoms with Crippen LogP contribution in [0.2, 0.25) is 0 Å². The van der Waals surface area contributed by atoms with Crippen molar-refractivity contribution in [1.29, 1.82) is 0 Å². The van der Waals surface area contributed by atoms with Gasteiger partial charge in [-0.25, -0.2) is 0 Å². The highest BCUT2D eigenvalue weighted by Crippen LogP contribution is 2.33. The lowest BCUT2D eigenvalue weighted by molar-refractivity contribution is 0.136. The van der Waals surface area contributed by atoms with E-state index in [2.05, 4.69) is 72.1 Å². The van der Waals surface area contributed by atoms with Gasteiger partial charge in [0, 0.05) is 6.04 Å². The van der Waals surface area contributed by atoms with Crippen molar-refractivity contribution in [3.63, 3.8) is 0 Å². The van der Waals surface area contributed by atoms with E-state index in [1.807, 2.05) is 19.9 Å². The minimum Gasteiger partial charge on any atom is -0.508 e. The van der Waals surface area contributed by atoms with Gasteiger partial charge >= 0.3 is 0 Å². The third-order valence-corrected chi connectivity index (χ3v) is 5.94. The van der Waals surface area contributed by atoms with Gasteiger partial charge in [-0.1, -0.05) is 72.8 Å². The Kier molecular flexibility index (Phi) is 6.36. The molecule has 0 saturated heterocycles. The molecule has 0 fully saturated rings. The van der Waals surface area contributed by atoms with Gasteiger partial charge in [0.2, 0.25) is 0 Å². The fourth-order valence-electron chi connectivity index (χ4n) is 4.11. The molecule has 0 aliphatic heterocycles. The number of benzene rings is 3. The van der Waals surface area contributed by atoms with Crippen molar-refractivity contribution in [2.75, 3.05) is 6.54 Å². The summed E-state index contributed by atoms with van der Waals surface area (Å²) in [4.78, 5) is 0. The molecule has 0 amide bonds.